The average Bonchev–Trinajstić information content (AvgIpc) is 2.71. The molecule has 2 heterocycles. The molecule has 88 valence electrons. The van der Waals surface area contributed by atoms with Crippen LogP contribution in [0.5, 0.6) is 0 Å². The van der Waals surface area contributed by atoms with Gasteiger partial charge in [0, 0.05) is 25.7 Å². The van der Waals surface area contributed by atoms with E-state index in [1.165, 1.54) is 4.31 Å². The SMILES string of the molecule is O=S(=O)(N[C@@H]1CCNC1)N1CCOCC1. The normalized spacial score (nSPS) is 29.5. The largest absolute Gasteiger partial charge is 0.379 e. The number of ether oxygens (including phenoxy) is 1. The molecule has 6 nitrogen and oxygen atoms in total. The minimum atomic E-state index is -3.30. The van der Waals surface area contributed by atoms with Crippen molar-refractivity contribution in [2.75, 3.05) is 39.4 Å². The lowest BCUT2D eigenvalue weighted by Gasteiger charge is -2.27. The van der Waals surface area contributed by atoms with Crippen molar-refractivity contribution in [3.8, 4) is 0 Å². The molecule has 0 aromatic rings. The van der Waals surface area contributed by atoms with Gasteiger partial charge in [-0.3, -0.25) is 0 Å². The van der Waals surface area contributed by atoms with Crippen molar-refractivity contribution in [1.82, 2.24) is 14.3 Å². The number of nitrogens with zero attached hydrogens (tertiary/aromatic N) is 1. The molecule has 0 aliphatic carbocycles. The lowest BCUT2D eigenvalue weighted by molar-refractivity contribution is 0.0723. The van der Waals surface area contributed by atoms with Crippen molar-refractivity contribution in [3.05, 3.63) is 0 Å². The molecule has 2 aliphatic rings. The van der Waals surface area contributed by atoms with Gasteiger partial charge in [-0.05, 0) is 13.0 Å². The topological polar surface area (TPSA) is 70.7 Å². The first-order valence-electron chi connectivity index (χ1n) is 5.24. The van der Waals surface area contributed by atoms with Crippen molar-refractivity contribution in [2.24, 2.45) is 0 Å². The summed E-state index contributed by atoms with van der Waals surface area (Å²) in [5.74, 6) is 0. The monoisotopic (exact) mass is 235 g/mol. The molecule has 0 aromatic carbocycles. The Hall–Kier alpha value is -0.210. The lowest BCUT2D eigenvalue weighted by atomic mass is 10.3. The van der Waals surface area contributed by atoms with E-state index in [0.717, 1.165) is 19.5 Å². The third kappa shape index (κ3) is 2.88. The van der Waals surface area contributed by atoms with Crippen LogP contribution >= 0.6 is 0 Å². The van der Waals surface area contributed by atoms with Gasteiger partial charge in [0.15, 0.2) is 0 Å². The van der Waals surface area contributed by atoms with Crippen molar-refractivity contribution < 1.29 is 13.2 Å². The summed E-state index contributed by atoms with van der Waals surface area (Å²) in [6, 6.07) is 0.0397. The second-order valence-corrected chi connectivity index (χ2v) is 5.53. The van der Waals surface area contributed by atoms with Crippen LogP contribution in [0, 0.1) is 0 Å². The molecule has 0 aromatic heterocycles. The molecule has 2 rings (SSSR count). The fourth-order valence-corrected chi connectivity index (χ4v) is 3.23. The number of hydrogen-bond donors (Lipinski definition) is 2. The van der Waals surface area contributed by atoms with Gasteiger partial charge in [-0.15, -0.1) is 0 Å². The predicted molar refractivity (Wildman–Crippen MR) is 55.7 cm³/mol. The van der Waals surface area contributed by atoms with Crippen LogP contribution < -0.4 is 10.0 Å². The summed E-state index contributed by atoms with van der Waals surface area (Å²) in [6.07, 6.45) is 0.865. The molecule has 15 heavy (non-hydrogen) atoms. The molecule has 2 N–H and O–H groups in total. The maximum absolute atomic E-state index is 11.9. The predicted octanol–water partition coefficient (Wildman–Crippen LogP) is -1.49. The molecule has 7 heteroatoms. The highest BCUT2D eigenvalue weighted by Crippen LogP contribution is 2.06. The van der Waals surface area contributed by atoms with Gasteiger partial charge in [0.2, 0.25) is 0 Å². The Morgan fingerprint density at radius 2 is 2.07 bits per heavy atom. The Bertz CT molecular complexity index is 294. The van der Waals surface area contributed by atoms with E-state index < -0.39 is 10.2 Å². The summed E-state index contributed by atoms with van der Waals surface area (Å²) >= 11 is 0. The molecule has 2 fully saturated rings. The van der Waals surface area contributed by atoms with Crippen LogP contribution in [0.15, 0.2) is 0 Å². The van der Waals surface area contributed by atoms with Gasteiger partial charge in [0.05, 0.1) is 13.2 Å². The number of rotatable bonds is 3. The molecule has 0 radical (unpaired) electrons. The molecule has 0 saturated carbocycles. The summed E-state index contributed by atoms with van der Waals surface area (Å²) in [5, 5.41) is 3.13. The highest BCUT2D eigenvalue weighted by molar-refractivity contribution is 7.87. The molecule has 0 amide bonds. The van der Waals surface area contributed by atoms with Crippen LogP contribution in [0.4, 0.5) is 0 Å². The smallest absolute Gasteiger partial charge is 0.279 e. The van der Waals surface area contributed by atoms with Crippen LogP contribution in [0.1, 0.15) is 6.42 Å². The van der Waals surface area contributed by atoms with Crippen LogP contribution in [-0.4, -0.2) is 58.2 Å². The van der Waals surface area contributed by atoms with Gasteiger partial charge >= 0.3 is 0 Å². The fourth-order valence-electron chi connectivity index (χ4n) is 1.83. The van der Waals surface area contributed by atoms with E-state index in [1.807, 2.05) is 0 Å². The Morgan fingerprint density at radius 3 is 2.67 bits per heavy atom. The van der Waals surface area contributed by atoms with Gasteiger partial charge in [-0.1, -0.05) is 0 Å². The van der Waals surface area contributed by atoms with E-state index in [9.17, 15) is 8.42 Å². The van der Waals surface area contributed by atoms with Crippen molar-refractivity contribution in [1.29, 1.82) is 0 Å². The van der Waals surface area contributed by atoms with Gasteiger partial charge in [0.25, 0.3) is 10.2 Å². The van der Waals surface area contributed by atoms with Crippen molar-refractivity contribution in [3.63, 3.8) is 0 Å². The fraction of sp³-hybridized carbons (Fsp3) is 1.00. The Balaban J connectivity index is 1.92. The minimum Gasteiger partial charge on any atom is -0.379 e. The third-order valence-electron chi connectivity index (χ3n) is 2.69. The van der Waals surface area contributed by atoms with Crippen LogP contribution in [0.2, 0.25) is 0 Å². The molecule has 0 bridgehead atoms. The summed E-state index contributed by atoms with van der Waals surface area (Å²) in [5.41, 5.74) is 0. The maximum Gasteiger partial charge on any atom is 0.279 e. The van der Waals surface area contributed by atoms with Crippen molar-refractivity contribution in [2.45, 2.75) is 12.5 Å². The Morgan fingerprint density at radius 1 is 1.33 bits per heavy atom. The minimum absolute atomic E-state index is 0.0397. The van der Waals surface area contributed by atoms with Crippen LogP contribution in [-0.2, 0) is 14.9 Å². The van der Waals surface area contributed by atoms with Crippen LogP contribution in [0.25, 0.3) is 0 Å². The quantitative estimate of drug-likeness (QED) is 0.625. The zero-order valence-electron chi connectivity index (χ0n) is 8.61. The van der Waals surface area contributed by atoms with E-state index in [2.05, 4.69) is 10.0 Å². The zero-order valence-corrected chi connectivity index (χ0v) is 9.42. The van der Waals surface area contributed by atoms with Gasteiger partial charge in [0.1, 0.15) is 0 Å². The molecule has 2 aliphatic heterocycles. The van der Waals surface area contributed by atoms with E-state index >= 15 is 0 Å². The molecule has 0 spiro atoms. The van der Waals surface area contributed by atoms with Crippen molar-refractivity contribution >= 4 is 10.2 Å². The van der Waals surface area contributed by atoms with E-state index in [-0.39, 0.29) is 6.04 Å². The van der Waals surface area contributed by atoms with Crippen LogP contribution in [0.3, 0.4) is 0 Å². The summed E-state index contributed by atoms with van der Waals surface area (Å²) in [6.45, 7) is 3.50. The van der Waals surface area contributed by atoms with Gasteiger partial charge < -0.3 is 10.1 Å². The molecular formula is C8H17N3O3S. The summed E-state index contributed by atoms with van der Waals surface area (Å²) < 4.78 is 33.0. The Labute approximate surface area is 90.2 Å². The van der Waals surface area contributed by atoms with E-state index in [1.54, 1.807) is 0 Å². The molecular weight excluding hydrogens is 218 g/mol. The highest BCUT2D eigenvalue weighted by Gasteiger charge is 2.27. The molecule has 0 unspecified atom stereocenters. The summed E-state index contributed by atoms with van der Waals surface area (Å²) in [4.78, 5) is 0. The number of nitrogens with one attached hydrogen (secondary N) is 2. The first kappa shape index (κ1) is 11.3. The van der Waals surface area contributed by atoms with Gasteiger partial charge in [-0.25, -0.2) is 0 Å². The average molecular weight is 235 g/mol. The third-order valence-corrected chi connectivity index (χ3v) is 4.36. The number of hydrogen-bond acceptors (Lipinski definition) is 4. The first-order chi connectivity index (χ1) is 7.18. The first-order valence-corrected chi connectivity index (χ1v) is 6.68. The highest BCUT2D eigenvalue weighted by atomic mass is 32.2. The van der Waals surface area contributed by atoms with E-state index in [0.29, 0.717) is 26.3 Å². The summed E-state index contributed by atoms with van der Waals surface area (Å²) in [7, 11) is -3.30. The molecule has 2 saturated heterocycles. The lowest BCUT2D eigenvalue weighted by Crippen LogP contribution is -2.50. The Kier molecular flexibility index (Phi) is 3.57. The van der Waals surface area contributed by atoms with Gasteiger partial charge in [-0.2, -0.15) is 17.4 Å². The standard InChI is InChI=1S/C8H17N3O3S/c12-15(13,10-8-1-2-9-7-8)11-3-5-14-6-4-11/h8-10H,1-7H2/t8-/m1/s1. The molecule has 1 atom stereocenters. The second-order valence-electron chi connectivity index (χ2n) is 3.82. The second kappa shape index (κ2) is 4.75. The van der Waals surface area contributed by atoms with E-state index in [4.69, 9.17) is 4.74 Å². The maximum atomic E-state index is 11.9. The number of morpholine rings is 1. The zero-order chi connectivity index (χ0) is 10.7.